The average molecular weight is 506 g/mol. The zero-order chi connectivity index (χ0) is 25.4. The summed E-state index contributed by atoms with van der Waals surface area (Å²) in [5.74, 6) is -0.392. The van der Waals surface area contributed by atoms with Gasteiger partial charge in [-0.1, -0.05) is 19.1 Å². The summed E-state index contributed by atoms with van der Waals surface area (Å²) in [6, 6.07) is 14.3. The molecule has 0 spiro atoms. The lowest BCUT2D eigenvalue weighted by Crippen LogP contribution is -2.43. The largest absolute Gasteiger partial charge is 0.366 e. The van der Waals surface area contributed by atoms with Crippen LogP contribution in [-0.2, 0) is 14.6 Å². The van der Waals surface area contributed by atoms with Crippen molar-refractivity contribution in [2.75, 3.05) is 23.8 Å². The number of benzene rings is 2. The molecule has 0 radical (unpaired) electrons. The second-order valence-electron chi connectivity index (χ2n) is 8.34. The molecule has 0 aliphatic carbocycles. The van der Waals surface area contributed by atoms with Crippen molar-refractivity contribution in [1.82, 2.24) is 5.32 Å². The maximum atomic E-state index is 12.9. The van der Waals surface area contributed by atoms with Crippen molar-refractivity contribution in [1.29, 1.82) is 5.26 Å². The van der Waals surface area contributed by atoms with Gasteiger partial charge < -0.3 is 15.0 Å². The lowest BCUT2D eigenvalue weighted by atomic mass is 10.0. The Labute approximate surface area is 204 Å². The Morgan fingerprint density at radius 1 is 1.17 bits per heavy atom. The Bertz CT molecular complexity index is 1130. The van der Waals surface area contributed by atoms with E-state index in [0.717, 1.165) is 31.5 Å². The molecule has 1 amide bonds. The molecule has 1 aliphatic rings. The number of halogens is 2. The maximum Gasteiger partial charge on any atom is 0.345 e. The molecule has 1 aliphatic heterocycles. The van der Waals surface area contributed by atoms with E-state index in [2.05, 4.69) is 16.1 Å². The molecule has 1 fully saturated rings. The SMILES string of the molecule is CCS(=O)(=O)c1ccc([C@H](CC#N)NC(=O)c2ccc(N3CCCC[C@H]3COC(F)F)cc2)cc1. The van der Waals surface area contributed by atoms with Gasteiger partial charge in [0.1, 0.15) is 0 Å². The van der Waals surface area contributed by atoms with E-state index >= 15 is 0 Å². The van der Waals surface area contributed by atoms with Gasteiger partial charge in [0.25, 0.3) is 5.91 Å². The van der Waals surface area contributed by atoms with Crippen LogP contribution in [0.25, 0.3) is 0 Å². The van der Waals surface area contributed by atoms with Gasteiger partial charge in [-0.2, -0.15) is 14.0 Å². The third-order valence-electron chi connectivity index (χ3n) is 6.13. The first-order valence-corrected chi connectivity index (χ1v) is 13.2. The normalized spacial score (nSPS) is 17.1. The molecule has 10 heteroatoms. The molecule has 0 unspecified atom stereocenters. The van der Waals surface area contributed by atoms with Crippen molar-refractivity contribution in [2.45, 2.75) is 56.2 Å². The van der Waals surface area contributed by atoms with Crippen LogP contribution in [0.1, 0.15) is 54.6 Å². The molecule has 0 bridgehead atoms. The first kappa shape index (κ1) is 26.6. The van der Waals surface area contributed by atoms with E-state index < -0.39 is 22.5 Å². The number of hydrogen-bond acceptors (Lipinski definition) is 6. The summed E-state index contributed by atoms with van der Waals surface area (Å²) in [6.07, 6.45) is 2.66. The first-order valence-electron chi connectivity index (χ1n) is 11.5. The van der Waals surface area contributed by atoms with Crippen LogP contribution in [0.5, 0.6) is 0 Å². The minimum Gasteiger partial charge on any atom is -0.366 e. The third kappa shape index (κ3) is 6.99. The topological polar surface area (TPSA) is 99.5 Å². The number of piperidine rings is 1. The Balaban J connectivity index is 1.70. The molecule has 2 atom stereocenters. The summed E-state index contributed by atoms with van der Waals surface area (Å²) in [6.45, 7) is -0.584. The van der Waals surface area contributed by atoms with Gasteiger partial charge in [-0.15, -0.1) is 0 Å². The molecule has 35 heavy (non-hydrogen) atoms. The van der Waals surface area contributed by atoms with E-state index in [1.165, 1.54) is 12.1 Å². The summed E-state index contributed by atoms with van der Waals surface area (Å²) in [7, 11) is -3.35. The quantitative estimate of drug-likeness (QED) is 0.512. The summed E-state index contributed by atoms with van der Waals surface area (Å²) in [5, 5.41) is 12.1. The van der Waals surface area contributed by atoms with Crippen molar-refractivity contribution < 1.29 is 26.7 Å². The number of rotatable bonds is 10. The van der Waals surface area contributed by atoms with E-state index in [0.29, 0.717) is 11.1 Å². The molecule has 1 N–H and O–H groups in total. The van der Waals surface area contributed by atoms with Gasteiger partial charge in [-0.25, -0.2) is 8.42 Å². The number of carbonyl (C=O) groups is 1. The molecule has 1 saturated heterocycles. The maximum absolute atomic E-state index is 12.9. The first-order chi connectivity index (χ1) is 16.7. The van der Waals surface area contributed by atoms with Crippen LogP contribution in [0.2, 0.25) is 0 Å². The minimum absolute atomic E-state index is 0.0158. The van der Waals surface area contributed by atoms with Crippen LogP contribution in [0.3, 0.4) is 0 Å². The molecule has 0 saturated carbocycles. The highest BCUT2D eigenvalue weighted by atomic mass is 32.2. The van der Waals surface area contributed by atoms with E-state index in [9.17, 15) is 27.3 Å². The molecule has 2 aromatic rings. The summed E-state index contributed by atoms with van der Waals surface area (Å²) < 4.78 is 53.6. The summed E-state index contributed by atoms with van der Waals surface area (Å²) in [4.78, 5) is 15.1. The van der Waals surface area contributed by atoms with Crippen molar-refractivity contribution in [3.05, 3.63) is 59.7 Å². The highest BCUT2D eigenvalue weighted by Crippen LogP contribution is 2.26. The zero-order valence-corrected chi connectivity index (χ0v) is 20.3. The Kier molecular flexibility index (Phi) is 9.18. The van der Waals surface area contributed by atoms with Crippen LogP contribution >= 0.6 is 0 Å². The number of nitriles is 1. The monoisotopic (exact) mass is 505 g/mol. The molecule has 0 aromatic heterocycles. The predicted molar refractivity (Wildman–Crippen MR) is 128 cm³/mol. The molecular formula is C25H29F2N3O4S. The number of nitrogens with one attached hydrogen (secondary N) is 1. The van der Waals surface area contributed by atoms with Crippen molar-refractivity contribution in [3.8, 4) is 6.07 Å². The highest BCUT2D eigenvalue weighted by molar-refractivity contribution is 7.91. The van der Waals surface area contributed by atoms with Crippen molar-refractivity contribution in [2.24, 2.45) is 0 Å². The molecular weight excluding hydrogens is 476 g/mol. The van der Waals surface area contributed by atoms with Gasteiger partial charge in [-0.3, -0.25) is 4.79 Å². The van der Waals surface area contributed by atoms with Crippen LogP contribution in [0, 0.1) is 11.3 Å². The van der Waals surface area contributed by atoms with Crippen LogP contribution in [0.15, 0.2) is 53.4 Å². The number of nitrogens with zero attached hydrogens (tertiary/aromatic N) is 2. The Hall–Kier alpha value is -3.03. The molecule has 2 aromatic carbocycles. The van der Waals surface area contributed by atoms with Crippen LogP contribution < -0.4 is 10.2 Å². The zero-order valence-electron chi connectivity index (χ0n) is 19.5. The minimum atomic E-state index is -3.35. The van der Waals surface area contributed by atoms with E-state index in [1.54, 1.807) is 43.3 Å². The second kappa shape index (κ2) is 12.1. The molecule has 7 nitrogen and oxygen atoms in total. The summed E-state index contributed by atoms with van der Waals surface area (Å²) >= 11 is 0. The van der Waals surface area contributed by atoms with Gasteiger partial charge in [0.15, 0.2) is 9.84 Å². The number of ether oxygens (including phenoxy) is 1. The number of amides is 1. The standard InChI is InChI=1S/C25H29F2N3O4S/c1-2-35(32,33)22-12-8-18(9-13-22)23(14-15-28)29-24(31)19-6-10-20(11-7-19)30-16-4-3-5-21(30)17-34-25(26)27/h6-13,21,23,25H,2-5,14,16-17H2,1H3,(H,29,31)/t21-,23-/m0/s1. The van der Waals surface area contributed by atoms with Crippen LogP contribution in [0.4, 0.5) is 14.5 Å². The number of alkyl halides is 2. The fraction of sp³-hybridized carbons (Fsp3) is 0.440. The van der Waals surface area contributed by atoms with Gasteiger partial charge in [0.2, 0.25) is 0 Å². The van der Waals surface area contributed by atoms with E-state index in [1.807, 2.05) is 4.90 Å². The summed E-state index contributed by atoms with van der Waals surface area (Å²) in [5.41, 5.74) is 1.84. The van der Waals surface area contributed by atoms with Crippen LogP contribution in [-0.4, -0.2) is 45.9 Å². The van der Waals surface area contributed by atoms with Crippen molar-refractivity contribution >= 4 is 21.4 Å². The highest BCUT2D eigenvalue weighted by Gasteiger charge is 2.24. The number of sulfone groups is 1. The predicted octanol–water partition coefficient (Wildman–Crippen LogP) is 4.46. The number of anilines is 1. The Morgan fingerprint density at radius 2 is 1.86 bits per heavy atom. The smallest absolute Gasteiger partial charge is 0.345 e. The molecule has 1 heterocycles. The van der Waals surface area contributed by atoms with Gasteiger partial charge in [0, 0.05) is 17.8 Å². The Morgan fingerprint density at radius 3 is 2.46 bits per heavy atom. The van der Waals surface area contributed by atoms with Gasteiger partial charge in [-0.05, 0) is 61.2 Å². The lowest BCUT2D eigenvalue weighted by Gasteiger charge is -2.37. The molecule has 188 valence electrons. The van der Waals surface area contributed by atoms with Crippen molar-refractivity contribution in [3.63, 3.8) is 0 Å². The average Bonchev–Trinajstić information content (AvgIpc) is 2.87. The second-order valence-corrected chi connectivity index (χ2v) is 10.6. The number of carbonyl (C=O) groups excluding carboxylic acids is 1. The lowest BCUT2D eigenvalue weighted by molar-refractivity contribution is -0.133. The number of hydrogen-bond donors (Lipinski definition) is 1. The van der Waals surface area contributed by atoms with Gasteiger partial charge in [0.05, 0.1) is 41.8 Å². The molecule has 3 rings (SSSR count). The van der Waals surface area contributed by atoms with E-state index in [-0.39, 0.29) is 35.6 Å². The fourth-order valence-electron chi connectivity index (χ4n) is 4.16. The van der Waals surface area contributed by atoms with E-state index in [4.69, 9.17) is 0 Å². The van der Waals surface area contributed by atoms with Gasteiger partial charge >= 0.3 is 6.61 Å². The fourth-order valence-corrected chi connectivity index (χ4v) is 5.05. The third-order valence-corrected chi connectivity index (χ3v) is 7.88.